The van der Waals surface area contributed by atoms with Crippen LogP contribution >= 0.6 is 0 Å². The Bertz CT molecular complexity index is 711. The number of nitrogens with zero attached hydrogens (tertiary/aromatic N) is 2. The molecule has 1 aromatic rings. The molecule has 1 aromatic carbocycles. The lowest BCUT2D eigenvalue weighted by molar-refractivity contribution is -0.137. The number of imide groups is 1. The van der Waals surface area contributed by atoms with Crippen LogP contribution in [0.25, 0.3) is 5.57 Å². The van der Waals surface area contributed by atoms with E-state index in [0.29, 0.717) is 23.7 Å². The summed E-state index contributed by atoms with van der Waals surface area (Å²) >= 11 is 0. The van der Waals surface area contributed by atoms with E-state index in [0.717, 1.165) is 37.9 Å². The molecule has 0 aliphatic carbocycles. The summed E-state index contributed by atoms with van der Waals surface area (Å²) in [6, 6.07) is 9.71. The SMILES string of the molecule is CCCCCCCCN1C(=O)C(c2ccccc2)=C(N2CCCC(C)C2)C1=O. The van der Waals surface area contributed by atoms with E-state index >= 15 is 0 Å². The van der Waals surface area contributed by atoms with Crippen LogP contribution in [0.1, 0.15) is 70.8 Å². The van der Waals surface area contributed by atoms with Crippen LogP contribution < -0.4 is 0 Å². The third kappa shape index (κ3) is 4.65. The minimum Gasteiger partial charge on any atom is -0.366 e. The van der Waals surface area contributed by atoms with Gasteiger partial charge >= 0.3 is 0 Å². The topological polar surface area (TPSA) is 40.6 Å². The van der Waals surface area contributed by atoms with Crippen LogP contribution in [-0.4, -0.2) is 41.2 Å². The van der Waals surface area contributed by atoms with E-state index < -0.39 is 0 Å². The molecule has 1 fully saturated rings. The number of hydrogen-bond acceptors (Lipinski definition) is 3. The van der Waals surface area contributed by atoms with E-state index in [4.69, 9.17) is 0 Å². The predicted octanol–water partition coefficient (Wildman–Crippen LogP) is 4.86. The zero-order valence-electron chi connectivity index (χ0n) is 17.5. The number of carbonyl (C=O) groups is 2. The summed E-state index contributed by atoms with van der Waals surface area (Å²) in [6.45, 7) is 6.69. The number of benzene rings is 1. The van der Waals surface area contributed by atoms with Gasteiger partial charge in [-0.1, -0.05) is 76.3 Å². The average molecular weight is 383 g/mol. The van der Waals surface area contributed by atoms with Crippen molar-refractivity contribution in [1.82, 2.24) is 9.80 Å². The molecule has 28 heavy (non-hydrogen) atoms. The first-order chi connectivity index (χ1) is 13.6. The molecule has 2 aliphatic heterocycles. The third-order valence-corrected chi connectivity index (χ3v) is 5.91. The van der Waals surface area contributed by atoms with E-state index in [2.05, 4.69) is 18.7 Å². The first-order valence-electron chi connectivity index (χ1n) is 11.0. The van der Waals surface area contributed by atoms with Crippen LogP contribution in [0.3, 0.4) is 0 Å². The second-order valence-corrected chi connectivity index (χ2v) is 8.31. The summed E-state index contributed by atoms with van der Waals surface area (Å²) < 4.78 is 0. The fraction of sp³-hybridized carbons (Fsp3) is 0.583. The van der Waals surface area contributed by atoms with E-state index in [9.17, 15) is 9.59 Å². The number of amides is 2. The second kappa shape index (κ2) is 9.90. The molecule has 3 rings (SSSR count). The molecule has 1 saturated heterocycles. The molecule has 1 unspecified atom stereocenters. The Balaban J connectivity index is 1.77. The smallest absolute Gasteiger partial charge is 0.277 e. The summed E-state index contributed by atoms with van der Waals surface area (Å²) in [5.74, 6) is 0.346. The van der Waals surface area contributed by atoms with Gasteiger partial charge in [-0.3, -0.25) is 14.5 Å². The van der Waals surface area contributed by atoms with Gasteiger partial charge in [0.25, 0.3) is 11.8 Å². The Kier molecular flexibility index (Phi) is 7.30. The summed E-state index contributed by atoms with van der Waals surface area (Å²) in [4.78, 5) is 30.2. The number of carbonyl (C=O) groups excluding carboxylic acids is 2. The predicted molar refractivity (Wildman–Crippen MR) is 113 cm³/mol. The zero-order valence-corrected chi connectivity index (χ0v) is 17.5. The summed E-state index contributed by atoms with van der Waals surface area (Å²) in [5, 5.41) is 0. The van der Waals surface area contributed by atoms with Crippen molar-refractivity contribution in [2.75, 3.05) is 19.6 Å². The first-order valence-corrected chi connectivity index (χ1v) is 11.0. The van der Waals surface area contributed by atoms with E-state index in [1.165, 1.54) is 37.0 Å². The van der Waals surface area contributed by atoms with Crippen LogP contribution in [0.5, 0.6) is 0 Å². The second-order valence-electron chi connectivity index (χ2n) is 8.31. The van der Waals surface area contributed by atoms with E-state index in [1.54, 1.807) is 0 Å². The zero-order chi connectivity index (χ0) is 19.9. The standard InChI is InChI=1S/C24H34N2O2/c1-3-4-5-6-7-11-17-26-23(27)21(20-14-9-8-10-15-20)22(24(26)28)25-16-12-13-19(2)18-25/h8-10,14-15,19H,3-7,11-13,16-18H2,1-2H3. The Morgan fingerprint density at radius 2 is 1.68 bits per heavy atom. The number of hydrogen-bond donors (Lipinski definition) is 0. The largest absolute Gasteiger partial charge is 0.366 e. The van der Waals surface area contributed by atoms with Gasteiger partial charge < -0.3 is 4.90 Å². The van der Waals surface area contributed by atoms with E-state index in [1.807, 2.05) is 30.3 Å². The molecule has 0 N–H and O–H groups in total. The Morgan fingerprint density at radius 1 is 0.964 bits per heavy atom. The number of rotatable bonds is 9. The lowest BCUT2D eigenvalue weighted by Crippen LogP contribution is -2.39. The summed E-state index contributed by atoms with van der Waals surface area (Å²) in [7, 11) is 0. The van der Waals surface area contributed by atoms with Crippen LogP contribution in [-0.2, 0) is 9.59 Å². The van der Waals surface area contributed by atoms with Gasteiger partial charge in [0.2, 0.25) is 0 Å². The van der Waals surface area contributed by atoms with Crippen molar-refractivity contribution < 1.29 is 9.59 Å². The van der Waals surface area contributed by atoms with Crippen LogP contribution in [0, 0.1) is 5.92 Å². The van der Waals surface area contributed by atoms with Crippen LogP contribution in [0.4, 0.5) is 0 Å². The molecule has 152 valence electrons. The normalized spacial score (nSPS) is 20.4. The molecular weight excluding hydrogens is 348 g/mol. The van der Waals surface area contributed by atoms with Crippen molar-refractivity contribution in [2.45, 2.75) is 65.2 Å². The van der Waals surface area contributed by atoms with Crippen LogP contribution in [0.15, 0.2) is 36.0 Å². The molecule has 0 bridgehead atoms. The highest BCUT2D eigenvalue weighted by molar-refractivity contribution is 6.35. The van der Waals surface area contributed by atoms with Gasteiger partial charge in [0.15, 0.2) is 0 Å². The van der Waals surface area contributed by atoms with Crippen molar-refractivity contribution in [3.8, 4) is 0 Å². The molecule has 1 atom stereocenters. The highest BCUT2D eigenvalue weighted by atomic mass is 16.2. The monoisotopic (exact) mass is 382 g/mol. The third-order valence-electron chi connectivity index (χ3n) is 5.91. The van der Waals surface area contributed by atoms with Gasteiger partial charge in [-0.2, -0.15) is 0 Å². The number of likely N-dealkylation sites (tertiary alicyclic amines) is 1. The van der Waals surface area contributed by atoms with Gasteiger partial charge in [0, 0.05) is 19.6 Å². The molecule has 2 heterocycles. The summed E-state index contributed by atoms with van der Waals surface area (Å²) in [5.41, 5.74) is 2.10. The molecule has 0 saturated carbocycles. The summed E-state index contributed by atoms with van der Waals surface area (Å²) in [6.07, 6.45) is 9.15. The molecule has 4 heteroatoms. The number of unbranched alkanes of at least 4 members (excludes halogenated alkanes) is 5. The lowest BCUT2D eigenvalue weighted by Gasteiger charge is -2.33. The Hall–Kier alpha value is -2.10. The molecule has 0 aromatic heterocycles. The van der Waals surface area contributed by atoms with Crippen molar-refractivity contribution in [2.24, 2.45) is 5.92 Å². The van der Waals surface area contributed by atoms with Gasteiger partial charge in [-0.25, -0.2) is 0 Å². The molecule has 0 spiro atoms. The lowest BCUT2D eigenvalue weighted by atomic mass is 9.98. The minimum atomic E-state index is -0.113. The number of piperidine rings is 1. The van der Waals surface area contributed by atoms with Crippen molar-refractivity contribution in [3.63, 3.8) is 0 Å². The fourth-order valence-corrected chi connectivity index (χ4v) is 4.37. The average Bonchev–Trinajstić information content (AvgIpc) is 2.95. The molecule has 0 radical (unpaired) electrons. The molecule has 2 aliphatic rings. The maximum atomic E-state index is 13.3. The Morgan fingerprint density at radius 3 is 2.39 bits per heavy atom. The first kappa shape index (κ1) is 20.6. The highest BCUT2D eigenvalue weighted by Gasteiger charge is 2.41. The van der Waals surface area contributed by atoms with Gasteiger partial charge in [-0.05, 0) is 30.7 Å². The van der Waals surface area contributed by atoms with E-state index in [-0.39, 0.29) is 11.8 Å². The molecular formula is C24H34N2O2. The Labute approximate surface area is 169 Å². The minimum absolute atomic E-state index is 0.0912. The molecule has 2 amide bonds. The molecule has 4 nitrogen and oxygen atoms in total. The quantitative estimate of drug-likeness (QED) is 0.452. The van der Waals surface area contributed by atoms with Crippen LogP contribution in [0.2, 0.25) is 0 Å². The van der Waals surface area contributed by atoms with Crippen molar-refractivity contribution in [3.05, 3.63) is 41.6 Å². The van der Waals surface area contributed by atoms with Crippen molar-refractivity contribution >= 4 is 17.4 Å². The fourth-order valence-electron chi connectivity index (χ4n) is 4.37. The maximum Gasteiger partial charge on any atom is 0.277 e. The maximum absolute atomic E-state index is 13.3. The van der Waals surface area contributed by atoms with Gasteiger partial charge in [0.05, 0.1) is 5.57 Å². The van der Waals surface area contributed by atoms with Crippen molar-refractivity contribution in [1.29, 1.82) is 0 Å². The highest BCUT2D eigenvalue weighted by Crippen LogP contribution is 2.34. The van der Waals surface area contributed by atoms with Gasteiger partial charge in [0.1, 0.15) is 5.70 Å². The van der Waals surface area contributed by atoms with Gasteiger partial charge in [-0.15, -0.1) is 0 Å².